The van der Waals surface area contributed by atoms with E-state index in [1.54, 1.807) is 0 Å². The number of rotatable bonds is 2. The molecular weight excluding hydrogens is 354 g/mol. The Morgan fingerprint density at radius 1 is 0.621 bits per heavy atom. The minimum absolute atomic E-state index is 0.891. The SMILES string of the molecule is OC1(c2ccccc2)c2ccccc2-c2c1c1ccccc1n2-c1ccccc1. The van der Waals surface area contributed by atoms with E-state index in [4.69, 9.17) is 0 Å². The van der Waals surface area contributed by atoms with Gasteiger partial charge in [0.05, 0.1) is 11.2 Å². The van der Waals surface area contributed by atoms with Gasteiger partial charge in [-0.05, 0) is 23.8 Å². The number of nitrogens with zero attached hydrogens (tertiary/aromatic N) is 1. The molecule has 4 aromatic carbocycles. The molecule has 6 rings (SSSR count). The highest BCUT2D eigenvalue weighted by molar-refractivity contribution is 5.99. The lowest BCUT2D eigenvalue weighted by Crippen LogP contribution is -2.25. The van der Waals surface area contributed by atoms with Crippen LogP contribution >= 0.6 is 0 Å². The van der Waals surface area contributed by atoms with Crippen LogP contribution in [0.2, 0.25) is 0 Å². The van der Waals surface area contributed by atoms with Crippen molar-refractivity contribution in [2.75, 3.05) is 0 Å². The molecule has 1 aliphatic rings. The zero-order chi connectivity index (χ0) is 19.4. The van der Waals surface area contributed by atoms with Crippen LogP contribution in [0, 0.1) is 0 Å². The summed E-state index contributed by atoms with van der Waals surface area (Å²) in [7, 11) is 0. The lowest BCUT2D eigenvalue weighted by atomic mass is 9.83. The van der Waals surface area contributed by atoms with E-state index in [0.29, 0.717) is 0 Å². The van der Waals surface area contributed by atoms with Gasteiger partial charge < -0.3 is 9.67 Å². The van der Waals surface area contributed by atoms with Gasteiger partial charge in [0.15, 0.2) is 0 Å². The highest BCUT2D eigenvalue weighted by atomic mass is 16.3. The molecule has 0 radical (unpaired) electrons. The Kier molecular flexibility index (Phi) is 3.35. The van der Waals surface area contributed by atoms with Gasteiger partial charge in [-0.25, -0.2) is 0 Å². The molecule has 1 aromatic heterocycles. The molecule has 0 saturated carbocycles. The van der Waals surface area contributed by atoms with E-state index in [0.717, 1.165) is 44.5 Å². The van der Waals surface area contributed by atoms with Crippen LogP contribution in [0.5, 0.6) is 0 Å². The Balaban J connectivity index is 1.83. The van der Waals surface area contributed by atoms with Gasteiger partial charge in [0.2, 0.25) is 0 Å². The number of fused-ring (bicyclic) bond motifs is 5. The zero-order valence-electron chi connectivity index (χ0n) is 15.8. The van der Waals surface area contributed by atoms with Crippen LogP contribution in [-0.2, 0) is 5.60 Å². The van der Waals surface area contributed by atoms with Crippen LogP contribution in [0.3, 0.4) is 0 Å². The third-order valence-electron chi connectivity index (χ3n) is 6.01. The monoisotopic (exact) mass is 373 g/mol. The maximum Gasteiger partial charge on any atom is 0.143 e. The fourth-order valence-electron chi connectivity index (χ4n) is 4.83. The van der Waals surface area contributed by atoms with Gasteiger partial charge in [0.25, 0.3) is 0 Å². The lowest BCUT2D eigenvalue weighted by molar-refractivity contribution is 0.132. The molecule has 1 heterocycles. The van der Waals surface area contributed by atoms with Crippen molar-refractivity contribution >= 4 is 10.9 Å². The maximum atomic E-state index is 12.3. The first-order valence-electron chi connectivity index (χ1n) is 9.87. The predicted octanol–water partition coefficient (Wildman–Crippen LogP) is 5.90. The molecule has 0 fully saturated rings. The summed E-state index contributed by atoms with van der Waals surface area (Å²) < 4.78 is 2.28. The number of aliphatic hydroxyl groups is 1. The largest absolute Gasteiger partial charge is 0.376 e. The third-order valence-corrected chi connectivity index (χ3v) is 6.01. The molecule has 1 unspecified atom stereocenters. The van der Waals surface area contributed by atoms with Gasteiger partial charge in [-0.15, -0.1) is 0 Å². The molecule has 1 atom stereocenters. The molecule has 0 amide bonds. The quantitative estimate of drug-likeness (QED) is 0.410. The Morgan fingerprint density at radius 3 is 2.03 bits per heavy atom. The lowest BCUT2D eigenvalue weighted by Gasteiger charge is -2.26. The molecule has 29 heavy (non-hydrogen) atoms. The molecule has 2 heteroatoms. The molecule has 138 valence electrons. The first-order valence-corrected chi connectivity index (χ1v) is 9.87. The molecule has 1 aliphatic carbocycles. The van der Waals surface area contributed by atoms with Crippen molar-refractivity contribution in [1.29, 1.82) is 0 Å². The van der Waals surface area contributed by atoms with Crippen LogP contribution in [-0.4, -0.2) is 9.67 Å². The Labute approximate surface area is 169 Å². The van der Waals surface area contributed by atoms with Gasteiger partial charge in [0, 0.05) is 27.8 Å². The van der Waals surface area contributed by atoms with Crippen molar-refractivity contribution in [2.45, 2.75) is 5.60 Å². The summed E-state index contributed by atoms with van der Waals surface area (Å²) in [6.07, 6.45) is 0. The molecule has 2 nitrogen and oxygen atoms in total. The molecule has 1 N–H and O–H groups in total. The van der Waals surface area contributed by atoms with E-state index in [-0.39, 0.29) is 0 Å². The van der Waals surface area contributed by atoms with Gasteiger partial charge >= 0.3 is 0 Å². The van der Waals surface area contributed by atoms with E-state index in [9.17, 15) is 5.11 Å². The maximum absolute atomic E-state index is 12.3. The van der Waals surface area contributed by atoms with Crippen LogP contribution < -0.4 is 0 Å². The van der Waals surface area contributed by atoms with Crippen molar-refractivity contribution in [3.8, 4) is 16.9 Å². The number of para-hydroxylation sites is 2. The molecule has 0 bridgehead atoms. The zero-order valence-corrected chi connectivity index (χ0v) is 15.8. The summed E-state index contributed by atoms with van der Waals surface area (Å²) in [5.74, 6) is 0. The van der Waals surface area contributed by atoms with Crippen molar-refractivity contribution in [2.24, 2.45) is 0 Å². The number of hydrogen-bond acceptors (Lipinski definition) is 1. The van der Waals surface area contributed by atoms with E-state index in [1.807, 2.05) is 60.7 Å². The van der Waals surface area contributed by atoms with E-state index < -0.39 is 5.60 Å². The van der Waals surface area contributed by atoms with E-state index in [1.165, 1.54) is 0 Å². The average Bonchev–Trinajstić information content (AvgIpc) is 3.27. The van der Waals surface area contributed by atoms with E-state index >= 15 is 0 Å². The van der Waals surface area contributed by atoms with Crippen molar-refractivity contribution in [1.82, 2.24) is 4.57 Å². The smallest absolute Gasteiger partial charge is 0.143 e. The third kappa shape index (κ3) is 2.09. The summed E-state index contributed by atoms with van der Waals surface area (Å²) in [5.41, 5.74) is 5.95. The first-order chi connectivity index (χ1) is 14.3. The highest BCUT2D eigenvalue weighted by Crippen LogP contribution is 2.55. The van der Waals surface area contributed by atoms with Crippen LogP contribution in [0.15, 0.2) is 109 Å². The Hall–Kier alpha value is -3.62. The van der Waals surface area contributed by atoms with Gasteiger partial charge in [-0.1, -0.05) is 91.0 Å². The minimum atomic E-state index is -1.19. The Bertz CT molecular complexity index is 1350. The van der Waals surface area contributed by atoms with Crippen molar-refractivity contribution in [3.05, 3.63) is 126 Å². The summed E-state index contributed by atoms with van der Waals surface area (Å²) in [6, 6.07) is 37.0. The molecular formula is C27H19NO. The molecule has 5 aromatic rings. The van der Waals surface area contributed by atoms with Crippen LogP contribution in [0.4, 0.5) is 0 Å². The second kappa shape index (κ2) is 5.94. The highest BCUT2D eigenvalue weighted by Gasteiger charge is 2.46. The van der Waals surface area contributed by atoms with Gasteiger partial charge in [-0.2, -0.15) is 0 Å². The van der Waals surface area contributed by atoms with Gasteiger partial charge in [-0.3, -0.25) is 0 Å². The molecule has 0 spiro atoms. The van der Waals surface area contributed by atoms with Crippen molar-refractivity contribution < 1.29 is 5.11 Å². The normalized spacial score (nSPS) is 17.3. The number of benzene rings is 4. The summed E-state index contributed by atoms with van der Waals surface area (Å²) >= 11 is 0. The summed E-state index contributed by atoms with van der Waals surface area (Å²) in [5, 5.41) is 13.4. The Morgan fingerprint density at radius 2 is 1.24 bits per heavy atom. The topological polar surface area (TPSA) is 25.2 Å². The van der Waals surface area contributed by atoms with E-state index in [2.05, 4.69) is 53.1 Å². The second-order valence-corrected chi connectivity index (χ2v) is 7.53. The van der Waals surface area contributed by atoms with Crippen LogP contribution in [0.1, 0.15) is 16.7 Å². The molecule has 0 aliphatic heterocycles. The fourth-order valence-corrected chi connectivity index (χ4v) is 4.83. The average molecular weight is 373 g/mol. The van der Waals surface area contributed by atoms with Crippen LogP contribution in [0.25, 0.3) is 27.8 Å². The number of hydrogen-bond donors (Lipinski definition) is 1. The van der Waals surface area contributed by atoms with Gasteiger partial charge in [0.1, 0.15) is 5.60 Å². The standard InChI is InChI=1S/C27H19NO/c29-27(19-11-3-1-4-12-19)23-17-9-7-15-21(23)26-25(27)22-16-8-10-18-24(22)28(26)20-13-5-2-6-14-20/h1-18,29H. The number of aromatic nitrogens is 1. The fraction of sp³-hybridized carbons (Fsp3) is 0.0370. The summed E-state index contributed by atoms with van der Waals surface area (Å²) in [6.45, 7) is 0. The first kappa shape index (κ1) is 16.3. The predicted molar refractivity (Wildman–Crippen MR) is 117 cm³/mol. The molecule has 0 saturated heterocycles. The second-order valence-electron chi connectivity index (χ2n) is 7.53. The summed E-state index contributed by atoms with van der Waals surface area (Å²) in [4.78, 5) is 0. The van der Waals surface area contributed by atoms with Crippen molar-refractivity contribution in [3.63, 3.8) is 0 Å². The minimum Gasteiger partial charge on any atom is -0.376 e.